The predicted octanol–water partition coefficient (Wildman–Crippen LogP) is 0.100. The number of nitrogens with zero attached hydrogens (tertiary/aromatic N) is 3. The Morgan fingerprint density at radius 2 is 1.93 bits per heavy atom. The number of carbonyl (C=O) groups excluding carboxylic acids is 3. The summed E-state index contributed by atoms with van der Waals surface area (Å²) in [6, 6.07) is 6.70. The van der Waals surface area contributed by atoms with Crippen LogP contribution in [0.1, 0.15) is 23.8 Å². The van der Waals surface area contributed by atoms with Gasteiger partial charge < -0.3 is 4.90 Å². The number of benzene rings is 1. The lowest BCUT2D eigenvalue weighted by Crippen LogP contribution is -2.47. The zero-order chi connectivity index (χ0) is 19.4. The summed E-state index contributed by atoms with van der Waals surface area (Å²) in [5.74, 6) is -0.444. The number of nitrogens with one attached hydrogen (secondary N) is 2. The Labute approximate surface area is 159 Å². The first kappa shape index (κ1) is 18.9. The van der Waals surface area contributed by atoms with Gasteiger partial charge in [-0.3, -0.25) is 30.0 Å². The van der Waals surface area contributed by atoms with Crippen molar-refractivity contribution in [1.29, 1.82) is 0 Å². The van der Waals surface area contributed by atoms with Crippen molar-refractivity contribution in [2.45, 2.75) is 19.9 Å². The van der Waals surface area contributed by atoms with Crippen molar-refractivity contribution in [3.05, 3.63) is 40.3 Å². The Morgan fingerprint density at radius 3 is 2.59 bits per heavy atom. The Balaban J connectivity index is 1.77. The van der Waals surface area contributed by atoms with Crippen LogP contribution in [0.15, 0.2) is 29.1 Å². The van der Waals surface area contributed by atoms with Crippen LogP contribution >= 0.6 is 11.8 Å². The normalized spacial score (nSPS) is 13.8. The van der Waals surface area contributed by atoms with Crippen molar-refractivity contribution in [3.63, 3.8) is 0 Å². The second kappa shape index (κ2) is 8.21. The van der Waals surface area contributed by atoms with E-state index in [1.165, 1.54) is 21.3 Å². The summed E-state index contributed by atoms with van der Waals surface area (Å²) >= 11 is 1.43. The standard InChI is InChI=1S/C17H19N5O4S/c1-2-7-22-17(26)12-6-4-3-5-11(12)15(20-22)16(25)19-18-13(23)8-21-10-27-9-14(21)24/h3-6H,2,7-10H2,1H3,(H,18,23)(H,19,25). The van der Waals surface area contributed by atoms with Crippen molar-refractivity contribution in [1.82, 2.24) is 25.5 Å². The SMILES string of the molecule is CCCn1nc(C(=O)NNC(=O)CN2CSCC2=O)c2ccccc2c1=O. The predicted molar refractivity (Wildman–Crippen MR) is 101 cm³/mol. The molecule has 3 amide bonds. The van der Waals surface area contributed by atoms with Crippen LogP contribution in [-0.4, -0.2) is 50.6 Å². The number of aryl methyl sites for hydroxylation is 1. The van der Waals surface area contributed by atoms with Crippen LogP contribution in [0.5, 0.6) is 0 Å². The van der Waals surface area contributed by atoms with Crippen molar-refractivity contribution in [3.8, 4) is 0 Å². The van der Waals surface area contributed by atoms with E-state index >= 15 is 0 Å². The number of thioether (sulfide) groups is 1. The Morgan fingerprint density at radius 1 is 1.19 bits per heavy atom. The van der Waals surface area contributed by atoms with E-state index in [-0.39, 0.29) is 23.7 Å². The second-order valence-corrected chi connectivity index (χ2v) is 6.95. The molecule has 1 aliphatic heterocycles. The highest BCUT2D eigenvalue weighted by atomic mass is 32.2. The average molecular weight is 389 g/mol. The summed E-state index contributed by atoms with van der Waals surface area (Å²) in [5, 5.41) is 4.95. The lowest BCUT2D eigenvalue weighted by molar-refractivity contribution is -0.132. The molecule has 0 atom stereocenters. The van der Waals surface area contributed by atoms with E-state index in [1.54, 1.807) is 24.3 Å². The van der Waals surface area contributed by atoms with Crippen LogP contribution in [0.2, 0.25) is 0 Å². The molecule has 0 saturated carbocycles. The number of carbonyl (C=O) groups is 3. The minimum atomic E-state index is -0.633. The van der Waals surface area contributed by atoms with Gasteiger partial charge in [-0.2, -0.15) is 5.10 Å². The molecule has 10 heteroatoms. The lowest BCUT2D eigenvalue weighted by atomic mass is 10.1. The van der Waals surface area contributed by atoms with Gasteiger partial charge in [0, 0.05) is 11.9 Å². The number of rotatable bonds is 5. The van der Waals surface area contributed by atoms with E-state index in [4.69, 9.17) is 0 Å². The quantitative estimate of drug-likeness (QED) is 0.702. The minimum Gasteiger partial charge on any atom is -0.323 e. The maximum Gasteiger partial charge on any atom is 0.290 e. The van der Waals surface area contributed by atoms with Crippen LogP contribution in [0.25, 0.3) is 10.8 Å². The molecule has 142 valence electrons. The Bertz CT molecular complexity index is 958. The molecule has 0 unspecified atom stereocenters. The first-order valence-corrected chi connectivity index (χ1v) is 9.61. The fourth-order valence-electron chi connectivity index (χ4n) is 2.71. The van der Waals surface area contributed by atoms with Gasteiger partial charge in [-0.15, -0.1) is 11.8 Å². The highest BCUT2D eigenvalue weighted by Gasteiger charge is 2.23. The molecule has 0 radical (unpaired) electrons. The van der Waals surface area contributed by atoms with E-state index in [1.807, 2.05) is 6.92 Å². The highest BCUT2D eigenvalue weighted by molar-refractivity contribution is 8.00. The van der Waals surface area contributed by atoms with Crippen LogP contribution in [0.4, 0.5) is 0 Å². The van der Waals surface area contributed by atoms with E-state index in [9.17, 15) is 19.2 Å². The molecule has 2 N–H and O–H groups in total. The third-order valence-electron chi connectivity index (χ3n) is 3.99. The molecule has 27 heavy (non-hydrogen) atoms. The third-order valence-corrected chi connectivity index (χ3v) is 4.94. The van der Waals surface area contributed by atoms with Crippen LogP contribution in [0, 0.1) is 0 Å². The molecule has 3 rings (SSSR count). The van der Waals surface area contributed by atoms with E-state index < -0.39 is 11.8 Å². The summed E-state index contributed by atoms with van der Waals surface area (Å²) in [5.41, 5.74) is 4.38. The van der Waals surface area contributed by atoms with Gasteiger partial charge in [0.25, 0.3) is 17.4 Å². The highest BCUT2D eigenvalue weighted by Crippen LogP contribution is 2.14. The molecule has 1 saturated heterocycles. The molecular formula is C17H19N5O4S. The second-order valence-electron chi connectivity index (χ2n) is 5.99. The number of hydrazine groups is 1. The molecule has 2 heterocycles. The molecule has 1 fully saturated rings. The van der Waals surface area contributed by atoms with Gasteiger partial charge in [-0.25, -0.2) is 4.68 Å². The summed E-state index contributed by atoms with van der Waals surface area (Å²) in [7, 11) is 0. The first-order valence-electron chi connectivity index (χ1n) is 8.45. The number of aromatic nitrogens is 2. The van der Waals surface area contributed by atoms with E-state index in [0.29, 0.717) is 35.4 Å². The molecule has 1 aliphatic rings. The van der Waals surface area contributed by atoms with Crippen LogP contribution in [-0.2, 0) is 16.1 Å². The van der Waals surface area contributed by atoms with Crippen LogP contribution < -0.4 is 16.4 Å². The lowest BCUT2D eigenvalue weighted by Gasteiger charge is -2.15. The van der Waals surface area contributed by atoms with Crippen LogP contribution in [0.3, 0.4) is 0 Å². The maximum atomic E-state index is 12.5. The molecule has 9 nitrogen and oxygen atoms in total. The summed E-state index contributed by atoms with van der Waals surface area (Å²) in [4.78, 5) is 49.9. The van der Waals surface area contributed by atoms with Gasteiger partial charge >= 0.3 is 0 Å². The summed E-state index contributed by atoms with van der Waals surface area (Å²) in [6.07, 6.45) is 0.685. The van der Waals surface area contributed by atoms with Gasteiger partial charge in [0.1, 0.15) is 6.54 Å². The van der Waals surface area contributed by atoms with Gasteiger partial charge in [0.2, 0.25) is 5.91 Å². The fourth-order valence-corrected chi connectivity index (χ4v) is 3.61. The molecule has 0 aliphatic carbocycles. The zero-order valence-corrected chi connectivity index (χ0v) is 15.5. The topological polar surface area (TPSA) is 113 Å². The van der Waals surface area contributed by atoms with E-state index in [0.717, 1.165) is 0 Å². The minimum absolute atomic E-state index is 0.0479. The number of amides is 3. The fraction of sp³-hybridized carbons (Fsp3) is 0.353. The van der Waals surface area contributed by atoms with Crippen molar-refractivity contribution >= 4 is 40.3 Å². The largest absolute Gasteiger partial charge is 0.323 e. The molecular weight excluding hydrogens is 370 g/mol. The smallest absolute Gasteiger partial charge is 0.290 e. The number of hydrogen-bond donors (Lipinski definition) is 2. The monoisotopic (exact) mass is 389 g/mol. The van der Waals surface area contributed by atoms with Gasteiger partial charge in [0.15, 0.2) is 5.69 Å². The average Bonchev–Trinajstić information content (AvgIpc) is 3.07. The molecule has 2 aromatic rings. The van der Waals surface area contributed by atoms with Crippen molar-refractivity contribution < 1.29 is 14.4 Å². The Kier molecular flexibility index (Phi) is 5.75. The van der Waals surface area contributed by atoms with Gasteiger partial charge in [-0.1, -0.05) is 25.1 Å². The van der Waals surface area contributed by atoms with Crippen molar-refractivity contribution in [2.24, 2.45) is 0 Å². The molecule has 1 aromatic carbocycles. The third kappa shape index (κ3) is 4.11. The summed E-state index contributed by atoms with van der Waals surface area (Å²) in [6.45, 7) is 2.15. The van der Waals surface area contributed by atoms with Gasteiger partial charge in [0.05, 0.1) is 17.0 Å². The molecule has 0 spiro atoms. The number of hydrogen-bond acceptors (Lipinski definition) is 6. The molecule has 0 bridgehead atoms. The first-order chi connectivity index (χ1) is 13.0. The zero-order valence-electron chi connectivity index (χ0n) is 14.7. The van der Waals surface area contributed by atoms with E-state index in [2.05, 4.69) is 16.0 Å². The van der Waals surface area contributed by atoms with Gasteiger partial charge in [-0.05, 0) is 12.5 Å². The summed E-state index contributed by atoms with van der Waals surface area (Å²) < 4.78 is 1.25. The number of fused-ring (bicyclic) bond motifs is 1. The molecule has 1 aromatic heterocycles. The van der Waals surface area contributed by atoms with Crippen molar-refractivity contribution in [2.75, 3.05) is 18.2 Å². The Hall–Kier alpha value is -2.88. The maximum absolute atomic E-state index is 12.5.